The Morgan fingerprint density at radius 1 is 1.25 bits per heavy atom. The molecule has 0 aliphatic heterocycles. The Hall–Kier alpha value is -1.55. The molecule has 0 aliphatic rings. The van der Waals surface area contributed by atoms with Crippen LogP contribution in [0.25, 0.3) is 0 Å². The average molecular weight is 222 g/mol. The summed E-state index contributed by atoms with van der Waals surface area (Å²) in [6, 6.07) is 6.10. The Kier molecular flexibility index (Phi) is 3.55. The summed E-state index contributed by atoms with van der Waals surface area (Å²) in [5.74, 6) is -0.433. The van der Waals surface area contributed by atoms with E-state index in [1.165, 1.54) is 0 Å². The molecule has 0 amide bonds. The van der Waals surface area contributed by atoms with Crippen molar-refractivity contribution in [2.75, 3.05) is 5.73 Å². The van der Waals surface area contributed by atoms with Gasteiger partial charge in [-0.3, -0.25) is 0 Å². The van der Waals surface area contributed by atoms with Crippen molar-refractivity contribution < 1.29 is 9.53 Å². The molecule has 4 heteroatoms. The Bertz CT molecular complexity index is 366. The van der Waals surface area contributed by atoms with Gasteiger partial charge in [0.15, 0.2) is 0 Å². The number of benzene rings is 1. The fraction of sp³-hybridized carbons (Fsp3) is 0.417. The summed E-state index contributed by atoms with van der Waals surface area (Å²) in [5, 5.41) is 0. The van der Waals surface area contributed by atoms with E-state index in [-0.39, 0.29) is 0 Å². The zero-order chi connectivity index (χ0) is 12.3. The van der Waals surface area contributed by atoms with Crippen LogP contribution in [0, 0.1) is 0 Å². The minimum Gasteiger partial charge on any atom is -0.459 e. The second-order valence-electron chi connectivity index (χ2n) is 4.68. The van der Waals surface area contributed by atoms with Gasteiger partial charge in [-0.25, -0.2) is 4.79 Å². The van der Waals surface area contributed by atoms with Crippen molar-refractivity contribution in [3.8, 4) is 0 Å². The normalized spacial score (nSPS) is 13.2. The lowest BCUT2D eigenvalue weighted by Gasteiger charge is -2.22. The molecule has 0 fully saturated rings. The fourth-order valence-electron chi connectivity index (χ4n) is 1.20. The summed E-state index contributed by atoms with van der Waals surface area (Å²) in [5.41, 5.74) is 12.1. The molecule has 0 aliphatic carbocycles. The van der Waals surface area contributed by atoms with Gasteiger partial charge in [-0.15, -0.1) is 0 Å². The lowest BCUT2D eigenvalue weighted by Crippen LogP contribution is -2.31. The van der Waals surface area contributed by atoms with E-state index in [1.807, 2.05) is 0 Å². The first-order valence-corrected chi connectivity index (χ1v) is 5.13. The maximum absolute atomic E-state index is 11.7. The second kappa shape index (κ2) is 4.53. The van der Waals surface area contributed by atoms with Crippen molar-refractivity contribution >= 4 is 11.7 Å². The molecule has 1 aromatic carbocycles. The zero-order valence-corrected chi connectivity index (χ0v) is 9.86. The quantitative estimate of drug-likeness (QED) is 0.588. The molecule has 0 radical (unpaired) electrons. The predicted molar refractivity (Wildman–Crippen MR) is 63.6 cm³/mol. The minimum absolute atomic E-state index is 0.433. The van der Waals surface area contributed by atoms with Crippen molar-refractivity contribution in [3.63, 3.8) is 0 Å². The summed E-state index contributed by atoms with van der Waals surface area (Å²) < 4.78 is 5.19. The number of rotatable bonds is 2. The van der Waals surface area contributed by atoms with Crippen LogP contribution < -0.4 is 11.5 Å². The molecule has 4 N–H and O–H groups in total. The second-order valence-corrected chi connectivity index (χ2v) is 4.68. The third kappa shape index (κ3) is 3.55. The van der Waals surface area contributed by atoms with E-state index >= 15 is 0 Å². The highest BCUT2D eigenvalue weighted by Gasteiger charge is 2.23. The van der Waals surface area contributed by atoms with E-state index in [0.717, 1.165) is 0 Å². The SMILES string of the molecule is CC(C)(C)OC(=O)C(N)c1ccc(N)cc1. The van der Waals surface area contributed by atoms with Crippen molar-refractivity contribution in [3.05, 3.63) is 29.8 Å². The van der Waals surface area contributed by atoms with Gasteiger partial charge in [-0.1, -0.05) is 12.1 Å². The summed E-state index contributed by atoms with van der Waals surface area (Å²) in [7, 11) is 0. The van der Waals surface area contributed by atoms with E-state index in [2.05, 4.69) is 0 Å². The largest absolute Gasteiger partial charge is 0.459 e. The molecular weight excluding hydrogens is 204 g/mol. The molecule has 1 aromatic rings. The fourth-order valence-corrected chi connectivity index (χ4v) is 1.20. The minimum atomic E-state index is -0.764. The summed E-state index contributed by atoms with van der Waals surface area (Å²) in [6.07, 6.45) is 0. The number of ether oxygens (including phenoxy) is 1. The zero-order valence-electron chi connectivity index (χ0n) is 9.86. The van der Waals surface area contributed by atoms with Crippen LogP contribution in [0.15, 0.2) is 24.3 Å². The van der Waals surface area contributed by atoms with Gasteiger partial charge in [-0.05, 0) is 38.5 Å². The van der Waals surface area contributed by atoms with Crippen LogP contribution in [0.4, 0.5) is 5.69 Å². The van der Waals surface area contributed by atoms with Crippen LogP contribution in [0.3, 0.4) is 0 Å². The number of hydrogen-bond donors (Lipinski definition) is 2. The van der Waals surface area contributed by atoms with Gasteiger partial charge in [0.05, 0.1) is 0 Å². The maximum atomic E-state index is 11.7. The number of nitrogens with two attached hydrogens (primary N) is 2. The number of nitrogen functional groups attached to an aromatic ring is 1. The molecule has 1 rings (SSSR count). The molecular formula is C12H18N2O2. The summed E-state index contributed by atoms with van der Waals surface area (Å²) >= 11 is 0. The molecule has 4 nitrogen and oxygen atoms in total. The molecule has 0 heterocycles. The van der Waals surface area contributed by atoms with Crippen LogP contribution >= 0.6 is 0 Å². The summed E-state index contributed by atoms with van der Waals surface area (Å²) in [4.78, 5) is 11.7. The first kappa shape index (κ1) is 12.5. The number of hydrogen-bond acceptors (Lipinski definition) is 4. The molecule has 88 valence electrons. The highest BCUT2D eigenvalue weighted by molar-refractivity contribution is 5.77. The molecule has 16 heavy (non-hydrogen) atoms. The van der Waals surface area contributed by atoms with Crippen molar-refractivity contribution in [1.29, 1.82) is 0 Å². The standard InChI is InChI=1S/C12H18N2O2/c1-12(2,3)16-11(15)10(14)8-4-6-9(13)7-5-8/h4-7,10H,13-14H2,1-3H3. The van der Waals surface area contributed by atoms with E-state index in [0.29, 0.717) is 11.3 Å². The van der Waals surface area contributed by atoms with Crippen LogP contribution in [0.5, 0.6) is 0 Å². The Labute approximate surface area is 95.6 Å². The van der Waals surface area contributed by atoms with E-state index in [4.69, 9.17) is 16.2 Å². The average Bonchev–Trinajstić information content (AvgIpc) is 2.15. The Morgan fingerprint density at radius 3 is 2.19 bits per heavy atom. The Balaban J connectivity index is 2.74. The highest BCUT2D eigenvalue weighted by atomic mass is 16.6. The number of esters is 1. The van der Waals surface area contributed by atoms with Crippen LogP contribution in [0.2, 0.25) is 0 Å². The highest BCUT2D eigenvalue weighted by Crippen LogP contribution is 2.17. The third-order valence-corrected chi connectivity index (χ3v) is 1.96. The molecule has 0 bridgehead atoms. The molecule has 1 atom stereocenters. The molecule has 0 spiro atoms. The van der Waals surface area contributed by atoms with E-state index in [1.54, 1.807) is 45.0 Å². The number of carbonyl (C=O) groups is 1. The predicted octanol–water partition coefficient (Wildman–Crippen LogP) is 1.61. The lowest BCUT2D eigenvalue weighted by molar-refractivity contribution is -0.156. The van der Waals surface area contributed by atoms with Crippen molar-refractivity contribution in [1.82, 2.24) is 0 Å². The van der Waals surface area contributed by atoms with Gasteiger partial charge in [-0.2, -0.15) is 0 Å². The Morgan fingerprint density at radius 2 is 1.75 bits per heavy atom. The smallest absolute Gasteiger partial charge is 0.328 e. The lowest BCUT2D eigenvalue weighted by atomic mass is 10.1. The van der Waals surface area contributed by atoms with Crippen LogP contribution in [0.1, 0.15) is 32.4 Å². The van der Waals surface area contributed by atoms with Gasteiger partial charge >= 0.3 is 5.97 Å². The molecule has 0 saturated heterocycles. The molecule has 1 unspecified atom stereocenters. The van der Waals surface area contributed by atoms with Gasteiger partial charge in [0.1, 0.15) is 11.6 Å². The molecule has 0 saturated carbocycles. The van der Waals surface area contributed by atoms with Gasteiger partial charge in [0.2, 0.25) is 0 Å². The number of carbonyl (C=O) groups excluding carboxylic acids is 1. The maximum Gasteiger partial charge on any atom is 0.328 e. The van der Waals surface area contributed by atoms with Crippen LogP contribution in [-0.4, -0.2) is 11.6 Å². The van der Waals surface area contributed by atoms with Crippen molar-refractivity contribution in [2.45, 2.75) is 32.4 Å². The number of anilines is 1. The van der Waals surface area contributed by atoms with E-state index in [9.17, 15) is 4.79 Å². The summed E-state index contributed by atoms with van der Waals surface area (Å²) in [6.45, 7) is 5.42. The third-order valence-electron chi connectivity index (χ3n) is 1.96. The monoisotopic (exact) mass is 222 g/mol. The van der Waals surface area contributed by atoms with Gasteiger partial charge in [0, 0.05) is 5.69 Å². The van der Waals surface area contributed by atoms with Gasteiger partial charge in [0.25, 0.3) is 0 Å². The first-order chi connectivity index (χ1) is 7.29. The molecule has 0 aromatic heterocycles. The van der Waals surface area contributed by atoms with E-state index < -0.39 is 17.6 Å². The first-order valence-electron chi connectivity index (χ1n) is 5.13. The topological polar surface area (TPSA) is 78.3 Å². The van der Waals surface area contributed by atoms with Crippen molar-refractivity contribution in [2.24, 2.45) is 5.73 Å². The van der Waals surface area contributed by atoms with Crippen LogP contribution in [-0.2, 0) is 9.53 Å². The van der Waals surface area contributed by atoms with Gasteiger partial charge < -0.3 is 16.2 Å².